The van der Waals surface area contributed by atoms with E-state index >= 15 is 0 Å². The Balaban J connectivity index is 1.91. The number of fused-ring (bicyclic) bond motifs is 3. The summed E-state index contributed by atoms with van der Waals surface area (Å²) < 4.78 is 7.17. The van der Waals surface area contributed by atoms with E-state index in [0.717, 1.165) is 48.6 Å². The van der Waals surface area contributed by atoms with Gasteiger partial charge in [0.25, 0.3) is 0 Å². The minimum absolute atomic E-state index is 0.0105. The fraction of sp³-hybridized carbons (Fsp3) is 0.471. The highest BCUT2D eigenvalue weighted by molar-refractivity contribution is 5.85. The highest BCUT2D eigenvalue weighted by Crippen LogP contribution is 2.44. The number of hydrogen-bond donors (Lipinski definition) is 0. The predicted octanol–water partition coefficient (Wildman–Crippen LogP) is 1.68. The van der Waals surface area contributed by atoms with Crippen LogP contribution in [-0.2, 0) is 13.5 Å². The second-order valence-corrected chi connectivity index (χ2v) is 6.75. The van der Waals surface area contributed by atoms with Gasteiger partial charge in [-0.25, -0.2) is 0 Å². The Hall–Kier alpha value is -2.61. The third-order valence-corrected chi connectivity index (χ3v) is 5.23. The molecule has 0 spiro atoms. The van der Waals surface area contributed by atoms with Crippen LogP contribution in [0.1, 0.15) is 5.69 Å². The van der Waals surface area contributed by atoms with Crippen LogP contribution in [0.2, 0.25) is 0 Å². The van der Waals surface area contributed by atoms with Gasteiger partial charge in [-0.2, -0.15) is 5.10 Å². The molecule has 0 N–H and O–H groups in total. The van der Waals surface area contributed by atoms with Crippen molar-refractivity contribution in [2.75, 3.05) is 38.7 Å². The first-order chi connectivity index (χ1) is 12.0. The molecule has 0 radical (unpaired) electrons. The Morgan fingerprint density at radius 2 is 2.04 bits per heavy atom. The van der Waals surface area contributed by atoms with E-state index in [1.807, 2.05) is 17.8 Å². The van der Waals surface area contributed by atoms with E-state index in [9.17, 15) is 10.1 Å². The number of nitrogens with zero attached hydrogens (tertiary/aromatic N) is 5. The van der Waals surface area contributed by atoms with Crippen molar-refractivity contribution in [1.82, 2.24) is 14.7 Å². The van der Waals surface area contributed by atoms with Gasteiger partial charge in [0, 0.05) is 67.7 Å². The SMILES string of the molecule is COc1cc2c(cc1[N+](=O)[O-])-c1cnn(C)c1CCN2C1CN(C)C1. The van der Waals surface area contributed by atoms with Crippen LogP contribution in [0, 0.1) is 10.1 Å². The molecule has 4 rings (SSSR count). The molecule has 2 aliphatic rings. The lowest BCUT2D eigenvalue weighted by molar-refractivity contribution is -0.385. The predicted molar refractivity (Wildman–Crippen MR) is 94.2 cm³/mol. The molecule has 3 heterocycles. The van der Waals surface area contributed by atoms with Gasteiger partial charge in [-0.05, 0) is 7.05 Å². The van der Waals surface area contributed by atoms with Crippen molar-refractivity contribution in [3.63, 3.8) is 0 Å². The van der Waals surface area contributed by atoms with E-state index in [2.05, 4.69) is 21.9 Å². The molecule has 2 aliphatic heterocycles. The highest BCUT2D eigenvalue weighted by atomic mass is 16.6. The number of ether oxygens (including phenoxy) is 1. The lowest BCUT2D eigenvalue weighted by atomic mass is 10.0. The summed E-state index contributed by atoms with van der Waals surface area (Å²) in [5, 5.41) is 15.8. The van der Waals surface area contributed by atoms with E-state index < -0.39 is 0 Å². The standard InChI is InChI=1S/C17H21N5O3/c1-19-9-11(10-19)21-5-4-14-13(8-18-20(14)2)12-6-16(22(23)24)17(25-3)7-15(12)21/h6-8,11H,4-5,9-10H2,1-3H3. The van der Waals surface area contributed by atoms with Crippen LogP contribution >= 0.6 is 0 Å². The molecule has 1 aromatic carbocycles. The Labute approximate surface area is 145 Å². The summed E-state index contributed by atoms with van der Waals surface area (Å²) in [5.41, 5.74) is 3.92. The molecule has 0 amide bonds. The average molecular weight is 343 g/mol. The lowest BCUT2D eigenvalue weighted by Gasteiger charge is -2.45. The fourth-order valence-electron chi connectivity index (χ4n) is 3.89. The molecule has 8 heteroatoms. The third kappa shape index (κ3) is 2.44. The van der Waals surface area contributed by atoms with Crippen molar-refractivity contribution >= 4 is 11.4 Å². The van der Waals surface area contributed by atoms with E-state index in [0.29, 0.717) is 11.8 Å². The molecule has 132 valence electrons. The first-order valence-electron chi connectivity index (χ1n) is 8.32. The molecule has 8 nitrogen and oxygen atoms in total. The molecule has 0 bridgehead atoms. The first-order valence-corrected chi connectivity index (χ1v) is 8.32. The normalized spacial score (nSPS) is 17.5. The summed E-state index contributed by atoms with van der Waals surface area (Å²) in [7, 11) is 5.50. The fourth-order valence-corrected chi connectivity index (χ4v) is 3.89. The Morgan fingerprint density at radius 1 is 1.28 bits per heavy atom. The van der Waals surface area contributed by atoms with Crippen molar-refractivity contribution in [3.8, 4) is 16.9 Å². The van der Waals surface area contributed by atoms with Gasteiger partial charge in [0.2, 0.25) is 0 Å². The quantitative estimate of drug-likeness (QED) is 0.623. The minimum atomic E-state index is -0.387. The van der Waals surface area contributed by atoms with Gasteiger partial charge in [0.1, 0.15) is 0 Å². The van der Waals surface area contributed by atoms with Crippen LogP contribution in [0.15, 0.2) is 18.3 Å². The number of aryl methyl sites for hydroxylation is 1. The van der Waals surface area contributed by atoms with E-state index in [1.54, 1.807) is 12.3 Å². The van der Waals surface area contributed by atoms with Gasteiger partial charge < -0.3 is 14.5 Å². The largest absolute Gasteiger partial charge is 0.490 e. The van der Waals surface area contributed by atoms with Gasteiger partial charge >= 0.3 is 5.69 Å². The monoisotopic (exact) mass is 343 g/mol. The van der Waals surface area contributed by atoms with Crippen LogP contribution < -0.4 is 9.64 Å². The van der Waals surface area contributed by atoms with Crippen LogP contribution in [0.3, 0.4) is 0 Å². The number of rotatable bonds is 3. The molecular formula is C17H21N5O3. The molecule has 1 fully saturated rings. The number of nitro benzene ring substituents is 1. The smallest absolute Gasteiger partial charge is 0.311 e. The maximum absolute atomic E-state index is 11.5. The zero-order valence-electron chi connectivity index (χ0n) is 14.6. The zero-order chi connectivity index (χ0) is 17.7. The maximum atomic E-state index is 11.5. The summed E-state index contributed by atoms with van der Waals surface area (Å²) in [6, 6.07) is 3.86. The summed E-state index contributed by atoms with van der Waals surface area (Å²) in [6.45, 7) is 2.85. The van der Waals surface area contributed by atoms with Crippen molar-refractivity contribution < 1.29 is 9.66 Å². The Kier molecular flexibility index (Phi) is 3.64. The zero-order valence-corrected chi connectivity index (χ0v) is 14.6. The number of likely N-dealkylation sites (N-methyl/N-ethyl adjacent to an activating group) is 1. The second-order valence-electron chi connectivity index (χ2n) is 6.75. The highest BCUT2D eigenvalue weighted by Gasteiger charge is 2.35. The molecule has 0 saturated carbocycles. The number of benzene rings is 1. The Bertz CT molecular complexity index is 841. The van der Waals surface area contributed by atoms with Gasteiger partial charge in [-0.15, -0.1) is 0 Å². The number of anilines is 1. The van der Waals surface area contributed by atoms with Crippen LogP contribution in [-0.4, -0.2) is 59.4 Å². The maximum Gasteiger partial charge on any atom is 0.311 e. The summed E-state index contributed by atoms with van der Waals surface area (Å²) in [5.74, 6) is 0.300. The second kappa shape index (κ2) is 5.73. The summed E-state index contributed by atoms with van der Waals surface area (Å²) >= 11 is 0. The molecular weight excluding hydrogens is 322 g/mol. The molecule has 0 atom stereocenters. The third-order valence-electron chi connectivity index (χ3n) is 5.23. The number of aromatic nitrogens is 2. The van der Waals surface area contributed by atoms with Crippen molar-refractivity contribution in [2.24, 2.45) is 7.05 Å². The van der Waals surface area contributed by atoms with Gasteiger partial charge in [-0.1, -0.05) is 0 Å². The summed E-state index contributed by atoms with van der Waals surface area (Å²) in [4.78, 5) is 15.7. The number of methoxy groups -OCH3 is 1. The van der Waals surface area contributed by atoms with Crippen LogP contribution in [0.25, 0.3) is 11.1 Å². The Morgan fingerprint density at radius 3 is 2.68 bits per heavy atom. The van der Waals surface area contributed by atoms with Crippen LogP contribution in [0.5, 0.6) is 5.75 Å². The van der Waals surface area contributed by atoms with E-state index in [4.69, 9.17) is 4.74 Å². The average Bonchev–Trinajstić information content (AvgIpc) is 2.84. The minimum Gasteiger partial charge on any atom is -0.490 e. The molecule has 25 heavy (non-hydrogen) atoms. The van der Waals surface area contributed by atoms with E-state index in [1.165, 1.54) is 7.11 Å². The van der Waals surface area contributed by atoms with Crippen molar-refractivity contribution in [3.05, 3.63) is 34.1 Å². The number of likely N-dealkylation sites (tertiary alicyclic amines) is 1. The summed E-state index contributed by atoms with van der Waals surface area (Å²) in [6.07, 6.45) is 2.66. The number of hydrogen-bond acceptors (Lipinski definition) is 6. The molecule has 0 aliphatic carbocycles. The van der Waals surface area contributed by atoms with Gasteiger partial charge in [0.15, 0.2) is 5.75 Å². The van der Waals surface area contributed by atoms with Gasteiger partial charge in [0.05, 0.1) is 24.3 Å². The number of nitro groups is 1. The molecule has 1 aromatic heterocycles. The molecule has 2 aromatic rings. The van der Waals surface area contributed by atoms with Crippen molar-refractivity contribution in [2.45, 2.75) is 12.5 Å². The lowest BCUT2D eigenvalue weighted by Crippen LogP contribution is -2.58. The topological polar surface area (TPSA) is 76.7 Å². The molecule has 0 unspecified atom stereocenters. The molecule has 1 saturated heterocycles. The van der Waals surface area contributed by atoms with Crippen LogP contribution in [0.4, 0.5) is 11.4 Å². The van der Waals surface area contributed by atoms with Gasteiger partial charge in [-0.3, -0.25) is 14.8 Å². The van der Waals surface area contributed by atoms with Crippen molar-refractivity contribution in [1.29, 1.82) is 0 Å². The van der Waals surface area contributed by atoms with E-state index in [-0.39, 0.29) is 10.6 Å². The first kappa shape index (κ1) is 15.9.